The Hall–Kier alpha value is -0.600. The number of hydrogen-bond donors (Lipinski definition) is 1. The van der Waals surface area contributed by atoms with Crippen LogP contribution in [0, 0.1) is 28.6 Å². The van der Waals surface area contributed by atoms with Crippen molar-refractivity contribution in [3.8, 4) is 0 Å². The van der Waals surface area contributed by atoms with E-state index in [9.17, 15) is 5.11 Å². The highest BCUT2D eigenvalue weighted by Gasteiger charge is 2.71. The quantitative estimate of drug-likeness (QED) is 0.678. The summed E-state index contributed by atoms with van der Waals surface area (Å²) in [7, 11) is 0. The van der Waals surface area contributed by atoms with E-state index in [4.69, 9.17) is 4.74 Å². The number of epoxide rings is 1. The van der Waals surface area contributed by atoms with Gasteiger partial charge in [-0.1, -0.05) is 31.6 Å². The minimum absolute atomic E-state index is 0.123. The van der Waals surface area contributed by atoms with Crippen LogP contribution in [-0.2, 0) is 4.74 Å². The van der Waals surface area contributed by atoms with E-state index in [-0.39, 0.29) is 22.5 Å². The van der Waals surface area contributed by atoms with Crippen LogP contribution in [-0.4, -0.2) is 23.4 Å². The summed E-state index contributed by atoms with van der Waals surface area (Å²) in [5.41, 5.74) is 3.53. The van der Waals surface area contributed by atoms with E-state index in [0.717, 1.165) is 25.4 Å². The number of fused-ring (bicyclic) bond motifs is 6. The van der Waals surface area contributed by atoms with E-state index in [0.29, 0.717) is 11.8 Å². The van der Waals surface area contributed by atoms with Crippen LogP contribution < -0.4 is 0 Å². The number of aliphatic hydroxyl groups excluding tert-OH is 1. The van der Waals surface area contributed by atoms with Crippen molar-refractivity contribution in [2.45, 2.75) is 71.0 Å². The molecule has 0 bridgehead atoms. The first-order valence-electron chi connectivity index (χ1n) is 9.60. The van der Waals surface area contributed by atoms with E-state index in [1.165, 1.54) is 36.8 Å². The molecule has 1 heterocycles. The summed E-state index contributed by atoms with van der Waals surface area (Å²) in [5.74, 6) is 1.83. The highest BCUT2D eigenvalue weighted by molar-refractivity contribution is 5.37. The minimum Gasteiger partial charge on any atom is -0.393 e. The lowest BCUT2D eigenvalue weighted by Gasteiger charge is -2.58. The molecule has 0 amide bonds. The van der Waals surface area contributed by atoms with Gasteiger partial charge < -0.3 is 9.84 Å². The van der Waals surface area contributed by atoms with Crippen molar-refractivity contribution in [1.82, 2.24) is 0 Å². The van der Waals surface area contributed by atoms with E-state index >= 15 is 0 Å². The average Bonchev–Trinajstić information content (AvgIpc) is 3.22. The van der Waals surface area contributed by atoms with Crippen molar-refractivity contribution >= 4 is 0 Å². The Kier molecular flexibility index (Phi) is 2.77. The molecule has 4 aliphatic carbocycles. The lowest BCUT2D eigenvalue weighted by molar-refractivity contribution is -0.121. The predicted molar refractivity (Wildman–Crippen MR) is 90.9 cm³/mol. The van der Waals surface area contributed by atoms with Gasteiger partial charge in [-0.25, -0.2) is 0 Å². The Morgan fingerprint density at radius 1 is 1.26 bits per heavy atom. The summed E-state index contributed by atoms with van der Waals surface area (Å²) < 4.78 is 5.97. The zero-order chi connectivity index (χ0) is 16.0. The van der Waals surface area contributed by atoms with Crippen molar-refractivity contribution in [3.05, 3.63) is 23.3 Å². The summed E-state index contributed by atoms with van der Waals surface area (Å²) in [6.07, 6.45) is 11.8. The van der Waals surface area contributed by atoms with Crippen LogP contribution in [0.5, 0.6) is 0 Å². The molecule has 2 heteroatoms. The molecule has 2 nitrogen and oxygen atoms in total. The molecule has 126 valence electrons. The molecule has 23 heavy (non-hydrogen) atoms. The molecule has 3 fully saturated rings. The van der Waals surface area contributed by atoms with Crippen LogP contribution in [0.15, 0.2) is 23.3 Å². The molecule has 0 aromatic rings. The monoisotopic (exact) mass is 314 g/mol. The van der Waals surface area contributed by atoms with Crippen molar-refractivity contribution in [2.75, 3.05) is 6.61 Å². The molecule has 0 radical (unpaired) electrons. The first kappa shape index (κ1) is 14.7. The molecule has 5 rings (SSSR count). The standard InChI is InChI=1S/C21H30O2/c1-13-6-8-19(2)14(10-13)4-5-15-16-7-9-21(12-23-21)20(16,3)11-17(22)18(15)19/h4,10,15-18,22H,5-9,11-12H2,1-3H3/t15-,16-,17+,18+,19-,20-,21+/m0/s1. The van der Waals surface area contributed by atoms with Gasteiger partial charge in [0, 0.05) is 5.41 Å². The van der Waals surface area contributed by atoms with Crippen molar-refractivity contribution in [1.29, 1.82) is 0 Å². The fourth-order valence-corrected chi connectivity index (χ4v) is 7.24. The second kappa shape index (κ2) is 4.32. The highest BCUT2D eigenvalue weighted by atomic mass is 16.6. The average molecular weight is 314 g/mol. The van der Waals surface area contributed by atoms with Crippen LogP contribution in [0.2, 0.25) is 0 Å². The first-order chi connectivity index (χ1) is 10.9. The van der Waals surface area contributed by atoms with E-state index in [2.05, 4.69) is 32.9 Å². The summed E-state index contributed by atoms with van der Waals surface area (Å²) in [4.78, 5) is 0. The number of ether oxygens (including phenoxy) is 1. The third-order valence-electron chi connectivity index (χ3n) is 8.68. The topological polar surface area (TPSA) is 32.8 Å². The van der Waals surface area contributed by atoms with Gasteiger partial charge in [0.2, 0.25) is 0 Å². The maximum atomic E-state index is 11.2. The maximum Gasteiger partial charge on any atom is 0.0973 e. The second-order valence-electron chi connectivity index (χ2n) is 9.61. The van der Waals surface area contributed by atoms with E-state index < -0.39 is 0 Å². The van der Waals surface area contributed by atoms with Crippen molar-refractivity contribution in [2.24, 2.45) is 28.6 Å². The number of hydrogen-bond acceptors (Lipinski definition) is 2. The molecule has 5 aliphatic rings. The van der Waals surface area contributed by atoms with Gasteiger partial charge in [0.05, 0.1) is 18.3 Å². The van der Waals surface area contributed by atoms with Gasteiger partial charge in [0.25, 0.3) is 0 Å². The highest BCUT2D eigenvalue weighted by Crippen LogP contribution is 2.70. The lowest BCUT2D eigenvalue weighted by atomic mass is 9.47. The van der Waals surface area contributed by atoms with Crippen LogP contribution in [0.3, 0.4) is 0 Å². The van der Waals surface area contributed by atoms with Gasteiger partial charge in [-0.15, -0.1) is 0 Å². The molecule has 1 saturated heterocycles. The SMILES string of the molecule is CC1=CC2=CC[C@@H]3[C@H]([C@H](O)C[C@@]4(C)[C@H]3CC[C@@]43CO3)[C@@]2(C)CC1. The van der Waals surface area contributed by atoms with Gasteiger partial charge in [-0.2, -0.15) is 0 Å². The third-order valence-corrected chi connectivity index (χ3v) is 8.68. The molecule has 0 aromatic carbocycles. The third kappa shape index (κ3) is 1.67. The summed E-state index contributed by atoms with van der Waals surface area (Å²) in [6.45, 7) is 8.04. The van der Waals surface area contributed by atoms with Gasteiger partial charge >= 0.3 is 0 Å². The van der Waals surface area contributed by atoms with Crippen molar-refractivity contribution < 1.29 is 9.84 Å². The summed E-state index contributed by atoms with van der Waals surface area (Å²) in [5, 5.41) is 11.2. The fourth-order valence-electron chi connectivity index (χ4n) is 7.24. The molecule has 0 unspecified atom stereocenters. The number of rotatable bonds is 0. The Morgan fingerprint density at radius 3 is 2.78 bits per heavy atom. The number of allylic oxidation sites excluding steroid dienone is 4. The van der Waals surface area contributed by atoms with Gasteiger partial charge in [-0.3, -0.25) is 0 Å². The molecular weight excluding hydrogens is 284 g/mol. The van der Waals surface area contributed by atoms with Crippen LogP contribution >= 0.6 is 0 Å². The maximum absolute atomic E-state index is 11.2. The van der Waals surface area contributed by atoms with E-state index in [1.54, 1.807) is 0 Å². The minimum atomic E-state index is -0.166. The largest absolute Gasteiger partial charge is 0.393 e. The van der Waals surface area contributed by atoms with Gasteiger partial charge in [0.15, 0.2) is 0 Å². The lowest BCUT2D eigenvalue weighted by Crippen LogP contribution is -2.56. The van der Waals surface area contributed by atoms with Gasteiger partial charge in [0.1, 0.15) is 0 Å². The van der Waals surface area contributed by atoms with E-state index in [1.807, 2.05) is 0 Å². The first-order valence-corrected chi connectivity index (χ1v) is 9.60. The Labute approximate surface area is 140 Å². The molecule has 1 aliphatic heterocycles. The molecule has 2 saturated carbocycles. The fraction of sp³-hybridized carbons (Fsp3) is 0.810. The Bertz CT molecular complexity index is 613. The molecule has 1 spiro atoms. The van der Waals surface area contributed by atoms with Crippen molar-refractivity contribution in [3.63, 3.8) is 0 Å². The van der Waals surface area contributed by atoms with Crippen LogP contribution in [0.4, 0.5) is 0 Å². The molecule has 7 atom stereocenters. The summed E-state index contributed by atoms with van der Waals surface area (Å²) >= 11 is 0. The predicted octanol–water partition coefficient (Wildman–Crippen LogP) is 4.25. The van der Waals surface area contributed by atoms with Gasteiger partial charge in [-0.05, 0) is 74.2 Å². The smallest absolute Gasteiger partial charge is 0.0973 e. The molecule has 0 aromatic heterocycles. The zero-order valence-corrected chi connectivity index (χ0v) is 14.8. The second-order valence-corrected chi connectivity index (χ2v) is 9.61. The molecule has 1 N–H and O–H groups in total. The number of aliphatic hydroxyl groups is 1. The van der Waals surface area contributed by atoms with Crippen LogP contribution in [0.1, 0.15) is 59.3 Å². The Morgan fingerprint density at radius 2 is 2.04 bits per heavy atom. The Balaban J connectivity index is 1.58. The normalized spacial score (nSPS) is 57.2. The molecular formula is C21H30O2. The zero-order valence-electron chi connectivity index (χ0n) is 14.8. The summed E-state index contributed by atoms with van der Waals surface area (Å²) in [6, 6.07) is 0. The van der Waals surface area contributed by atoms with Crippen LogP contribution in [0.25, 0.3) is 0 Å².